The lowest BCUT2D eigenvalue weighted by atomic mass is 10.1. The van der Waals surface area contributed by atoms with Crippen molar-refractivity contribution in [2.75, 3.05) is 26.9 Å². The summed E-state index contributed by atoms with van der Waals surface area (Å²) in [4.78, 5) is 19.7. The number of rotatable bonds is 11. The van der Waals surface area contributed by atoms with Crippen LogP contribution in [0.5, 0.6) is 5.75 Å². The predicted octanol–water partition coefficient (Wildman–Crippen LogP) is 4.01. The van der Waals surface area contributed by atoms with Crippen LogP contribution in [0.1, 0.15) is 47.3 Å². The third kappa shape index (κ3) is 6.71. The zero-order chi connectivity index (χ0) is 28.1. The molecule has 0 unspecified atom stereocenters. The number of benzene rings is 2. The van der Waals surface area contributed by atoms with Crippen molar-refractivity contribution in [3.05, 3.63) is 77.4 Å². The maximum absolute atomic E-state index is 13.7. The summed E-state index contributed by atoms with van der Waals surface area (Å²) in [6.07, 6.45) is 4.75. The Balaban J connectivity index is 1.46. The van der Waals surface area contributed by atoms with Gasteiger partial charge in [-0.15, -0.1) is 0 Å². The predicted molar refractivity (Wildman–Crippen MR) is 145 cm³/mol. The number of carbonyl (C=O) groups is 1. The van der Waals surface area contributed by atoms with E-state index in [0.29, 0.717) is 48.9 Å². The van der Waals surface area contributed by atoms with Gasteiger partial charge in [-0.1, -0.05) is 12.1 Å². The Hall–Kier alpha value is -3.28. The van der Waals surface area contributed by atoms with E-state index in [9.17, 15) is 17.6 Å². The molecule has 0 spiro atoms. The molecule has 214 valence electrons. The lowest BCUT2D eigenvalue weighted by Gasteiger charge is -2.27. The van der Waals surface area contributed by atoms with Crippen molar-refractivity contribution >= 4 is 15.7 Å². The fourth-order valence-corrected chi connectivity index (χ4v) is 6.68. The lowest BCUT2D eigenvalue weighted by Crippen LogP contribution is -2.37. The van der Waals surface area contributed by atoms with Gasteiger partial charge in [0.15, 0.2) is 0 Å². The number of carbonyl (C=O) groups excluding carboxylic acids is 1. The number of hydrogen-bond donors (Lipinski definition) is 0. The second-order valence-electron chi connectivity index (χ2n) is 10.2. The fourth-order valence-electron chi connectivity index (χ4n) is 5.18. The number of sulfone groups is 1. The Morgan fingerprint density at radius 1 is 1.05 bits per heavy atom. The summed E-state index contributed by atoms with van der Waals surface area (Å²) in [7, 11) is -2.32. The summed E-state index contributed by atoms with van der Waals surface area (Å²) in [6.45, 7) is 2.09. The number of hydrogen-bond acceptors (Lipinski definition) is 7. The second kappa shape index (κ2) is 12.5. The first-order chi connectivity index (χ1) is 19.3. The average Bonchev–Trinajstić information content (AvgIpc) is 3.73. The van der Waals surface area contributed by atoms with Crippen molar-refractivity contribution in [2.45, 2.75) is 61.9 Å². The molecule has 11 heteroatoms. The van der Waals surface area contributed by atoms with Gasteiger partial charge in [0, 0.05) is 25.3 Å². The highest BCUT2D eigenvalue weighted by Gasteiger charge is 2.30. The first-order valence-corrected chi connectivity index (χ1v) is 15.2. The smallest absolute Gasteiger partial charge is 0.254 e. The minimum Gasteiger partial charge on any atom is -0.497 e. The van der Waals surface area contributed by atoms with E-state index in [0.717, 1.165) is 25.7 Å². The number of nitrogens with zero attached hydrogens (tertiary/aromatic N) is 3. The van der Waals surface area contributed by atoms with Gasteiger partial charge in [-0.25, -0.2) is 17.8 Å². The Labute approximate surface area is 233 Å². The molecule has 1 amide bonds. The molecule has 0 aliphatic carbocycles. The molecule has 2 aromatic carbocycles. The molecule has 40 heavy (non-hydrogen) atoms. The van der Waals surface area contributed by atoms with Crippen LogP contribution in [0.15, 0.2) is 59.9 Å². The number of amides is 1. The Morgan fingerprint density at radius 3 is 2.35 bits per heavy atom. The summed E-state index contributed by atoms with van der Waals surface area (Å²) in [5, 5.41) is -0.0868. The van der Waals surface area contributed by atoms with Crippen LogP contribution in [0, 0.1) is 5.82 Å². The van der Waals surface area contributed by atoms with E-state index in [1.807, 2.05) is 0 Å². The minimum absolute atomic E-state index is 0.0868. The van der Waals surface area contributed by atoms with Gasteiger partial charge < -0.3 is 23.7 Å². The molecule has 2 atom stereocenters. The zero-order valence-corrected chi connectivity index (χ0v) is 23.3. The summed E-state index contributed by atoms with van der Waals surface area (Å²) < 4.78 is 59.1. The number of aromatic nitrogens is 2. The quantitative estimate of drug-likeness (QED) is 0.343. The van der Waals surface area contributed by atoms with E-state index in [4.69, 9.17) is 14.2 Å². The Morgan fingerprint density at radius 2 is 1.73 bits per heavy atom. The molecule has 1 aromatic heterocycles. The van der Waals surface area contributed by atoms with E-state index in [2.05, 4.69) is 4.98 Å². The summed E-state index contributed by atoms with van der Waals surface area (Å²) >= 11 is 0. The third-order valence-electron chi connectivity index (χ3n) is 7.28. The fraction of sp³-hybridized carbons (Fsp3) is 0.448. The van der Waals surface area contributed by atoms with Crippen LogP contribution in [0.25, 0.3) is 0 Å². The SMILES string of the molecule is COc1ccc(C(=O)N(Cc2cnc(S(=O)(=O)Cc3ccc(F)cc3)n2C[C@@H]2CCCO2)C[C@H]2CCCO2)cc1. The molecule has 3 heterocycles. The maximum Gasteiger partial charge on any atom is 0.254 e. The molecule has 9 nitrogen and oxygen atoms in total. The van der Waals surface area contributed by atoms with Gasteiger partial charge in [0.2, 0.25) is 15.0 Å². The second-order valence-corrected chi connectivity index (χ2v) is 12.1. The molecule has 0 N–H and O–H groups in total. The number of ether oxygens (including phenoxy) is 3. The number of halogens is 1. The Bertz CT molecular complexity index is 1400. The topological polar surface area (TPSA) is 100.0 Å². The molecule has 0 radical (unpaired) electrons. The van der Waals surface area contributed by atoms with Crippen molar-refractivity contribution in [1.82, 2.24) is 14.5 Å². The van der Waals surface area contributed by atoms with Crippen molar-refractivity contribution in [3.8, 4) is 5.75 Å². The van der Waals surface area contributed by atoms with Gasteiger partial charge >= 0.3 is 0 Å². The molecule has 2 aliphatic rings. The van der Waals surface area contributed by atoms with E-state index < -0.39 is 15.7 Å². The summed E-state index contributed by atoms with van der Waals surface area (Å²) in [5.41, 5.74) is 1.55. The van der Waals surface area contributed by atoms with Crippen LogP contribution in [-0.4, -0.2) is 67.9 Å². The molecular weight excluding hydrogens is 537 g/mol. The van der Waals surface area contributed by atoms with Gasteiger partial charge in [-0.2, -0.15) is 0 Å². The van der Waals surface area contributed by atoms with Crippen LogP contribution >= 0.6 is 0 Å². The van der Waals surface area contributed by atoms with Gasteiger partial charge in [0.05, 0.1) is 50.1 Å². The van der Waals surface area contributed by atoms with Crippen LogP contribution in [0.4, 0.5) is 4.39 Å². The molecule has 0 saturated carbocycles. The van der Waals surface area contributed by atoms with Crippen LogP contribution in [0.3, 0.4) is 0 Å². The third-order valence-corrected chi connectivity index (χ3v) is 8.88. The molecule has 5 rings (SSSR count). The lowest BCUT2D eigenvalue weighted by molar-refractivity contribution is 0.0496. The highest BCUT2D eigenvalue weighted by molar-refractivity contribution is 7.90. The normalized spacial score (nSPS) is 19.1. The number of methoxy groups -OCH3 is 1. The zero-order valence-electron chi connectivity index (χ0n) is 22.5. The van der Waals surface area contributed by atoms with Gasteiger partial charge in [-0.05, 0) is 67.6 Å². The van der Waals surface area contributed by atoms with E-state index in [1.54, 1.807) is 40.8 Å². The van der Waals surface area contributed by atoms with Crippen LogP contribution in [-0.2, 0) is 38.2 Å². The van der Waals surface area contributed by atoms with Gasteiger partial charge in [-0.3, -0.25) is 4.79 Å². The van der Waals surface area contributed by atoms with E-state index in [1.165, 1.54) is 30.5 Å². The van der Waals surface area contributed by atoms with Crippen molar-refractivity contribution in [3.63, 3.8) is 0 Å². The molecule has 2 fully saturated rings. The summed E-state index contributed by atoms with van der Waals surface area (Å²) in [5.74, 6) is -0.303. The molecular formula is C29H34FN3O6S. The van der Waals surface area contributed by atoms with Crippen LogP contribution in [0.2, 0.25) is 0 Å². The molecule has 2 aliphatic heterocycles. The monoisotopic (exact) mass is 571 g/mol. The summed E-state index contributed by atoms with van der Waals surface area (Å²) in [6, 6.07) is 12.3. The van der Waals surface area contributed by atoms with Gasteiger partial charge in [0.25, 0.3) is 5.91 Å². The van der Waals surface area contributed by atoms with Gasteiger partial charge in [0.1, 0.15) is 11.6 Å². The number of imidazole rings is 1. The maximum atomic E-state index is 13.7. The largest absolute Gasteiger partial charge is 0.497 e. The highest BCUT2D eigenvalue weighted by atomic mass is 32.2. The molecule has 3 aromatic rings. The standard InChI is InChI=1S/C29H34FN3O6S/c1-37-25-12-8-22(9-13-25)28(34)32(18-26-4-2-14-38-26)17-24-16-31-29(33(24)19-27-5-3-15-39-27)40(35,36)20-21-6-10-23(30)11-7-21/h6-13,16,26-27H,2-5,14-15,17-20H2,1H3/t26-,27+/m1/s1. The van der Waals surface area contributed by atoms with E-state index in [-0.39, 0.29) is 35.6 Å². The molecule has 0 bridgehead atoms. The van der Waals surface area contributed by atoms with Crippen molar-refractivity contribution < 1.29 is 31.8 Å². The molecule has 2 saturated heterocycles. The van der Waals surface area contributed by atoms with Crippen molar-refractivity contribution in [1.29, 1.82) is 0 Å². The highest BCUT2D eigenvalue weighted by Crippen LogP contribution is 2.24. The van der Waals surface area contributed by atoms with Crippen molar-refractivity contribution in [2.24, 2.45) is 0 Å². The Kier molecular flexibility index (Phi) is 8.82. The average molecular weight is 572 g/mol. The van der Waals surface area contributed by atoms with E-state index >= 15 is 0 Å². The first-order valence-electron chi connectivity index (χ1n) is 13.5. The minimum atomic E-state index is -3.88. The first kappa shape index (κ1) is 28.3. The van der Waals surface area contributed by atoms with Crippen LogP contribution < -0.4 is 4.74 Å².